The van der Waals surface area contributed by atoms with Gasteiger partial charge in [-0.2, -0.15) is 26.3 Å². The summed E-state index contributed by atoms with van der Waals surface area (Å²) < 4.78 is 82.1. The molecular formula is C14H9F6NO. The molecule has 0 aliphatic rings. The third-order valence-corrected chi connectivity index (χ3v) is 2.86. The Bertz CT molecular complexity index is 678. The summed E-state index contributed by atoms with van der Waals surface area (Å²) in [6, 6.07) is 5.85. The number of aromatic nitrogens is 1. The van der Waals surface area contributed by atoms with Crippen LogP contribution in [0.15, 0.2) is 36.4 Å². The summed E-state index contributed by atoms with van der Waals surface area (Å²) in [6.45, 7) is 0. The molecule has 0 bridgehead atoms. The van der Waals surface area contributed by atoms with Gasteiger partial charge in [-0.1, -0.05) is 18.2 Å². The van der Waals surface area contributed by atoms with Gasteiger partial charge in [0.05, 0.1) is 12.7 Å². The van der Waals surface area contributed by atoms with Crippen LogP contribution in [-0.2, 0) is 12.4 Å². The molecule has 0 radical (unpaired) electrons. The third kappa shape index (κ3) is 3.15. The van der Waals surface area contributed by atoms with Gasteiger partial charge in [0.15, 0.2) is 0 Å². The first-order valence-corrected chi connectivity index (χ1v) is 5.93. The molecule has 0 N–H and O–H groups in total. The molecule has 0 saturated carbocycles. The summed E-state index contributed by atoms with van der Waals surface area (Å²) in [5, 5.41) is 0. The van der Waals surface area contributed by atoms with Crippen molar-refractivity contribution < 1.29 is 31.1 Å². The predicted octanol–water partition coefficient (Wildman–Crippen LogP) is 4.79. The molecule has 0 amide bonds. The van der Waals surface area contributed by atoms with Crippen LogP contribution in [0.2, 0.25) is 0 Å². The minimum absolute atomic E-state index is 0.176. The van der Waals surface area contributed by atoms with Crippen molar-refractivity contribution in [1.29, 1.82) is 0 Å². The lowest BCUT2D eigenvalue weighted by atomic mass is 10.0. The number of rotatable bonds is 2. The van der Waals surface area contributed by atoms with Crippen molar-refractivity contribution >= 4 is 0 Å². The van der Waals surface area contributed by atoms with Gasteiger partial charge in [0.25, 0.3) is 0 Å². The molecule has 22 heavy (non-hydrogen) atoms. The fourth-order valence-corrected chi connectivity index (χ4v) is 1.90. The first-order chi connectivity index (χ1) is 10.1. The quantitative estimate of drug-likeness (QED) is 0.742. The van der Waals surface area contributed by atoms with Gasteiger partial charge in [-0.3, -0.25) is 0 Å². The minimum Gasteiger partial charge on any atom is -0.494 e. The molecule has 0 saturated heterocycles. The Balaban J connectivity index is 2.72. The van der Waals surface area contributed by atoms with Crippen molar-refractivity contribution in [2.45, 2.75) is 12.4 Å². The van der Waals surface area contributed by atoms with E-state index >= 15 is 0 Å². The number of hydrogen-bond donors (Lipinski definition) is 0. The summed E-state index contributed by atoms with van der Waals surface area (Å²) in [4.78, 5) is 3.31. The number of benzene rings is 1. The van der Waals surface area contributed by atoms with E-state index in [1.54, 1.807) is 0 Å². The molecule has 8 heteroatoms. The second kappa shape index (κ2) is 5.51. The fourth-order valence-electron chi connectivity index (χ4n) is 1.90. The Hall–Kier alpha value is -2.25. The minimum atomic E-state index is -4.77. The van der Waals surface area contributed by atoms with E-state index in [0.29, 0.717) is 6.07 Å². The number of halogens is 6. The van der Waals surface area contributed by atoms with Crippen LogP contribution in [0.5, 0.6) is 5.75 Å². The van der Waals surface area contributed by atoms with Crippen LogP contribution in [0.4, 0.5) is 26.3 Å². The van der Waals surface area contributed by atoms with Gasteiger partial charge < -0.3 is 4.74 Å². The molecule has 118 valence electrons. The van der Waals surface area contributed by atoms with E-state index in [1.807, 2.05) is 0 Å². The average Bonchev–Trinajstić information content (AvgIpc) is 2.44. The lowest BCUT2D eigenvalue weighted by Crippen LogP contribution is -2.11. The van der Waals surface area contributed by atoms with Crippen LogP contribution in [0, 0.1) is 0 Å². The van der Waals surface area contributed by atoms with Crippen LogP contribution in [-0.4, -0.2) is 12.1 Å². The van der Waals surface area contributed by atoms with Crippen LogP contribution in [0.25, 0.3) is 11.3 Å². The summed E-state index contributed by atoms with van der Waals surface area (Å²) in [6.07, 6.45) is -9.49. The van der Waals surface area contributed by atoms with E-state index < -0.39 is 34.9 Å². The van der Waals surface area contributed by atoms with Gasteiger partial charge in [0.1, 0.15) is 17.1 Å². The number of pyridine rings is 1. The molecule has 2 nitrogen and oxygen atoms in total. The van der Waals surface area contributed by atoms with Gasteiger partial charge in [-0.15, -0.1) is 0 Å². The molecular weight excluding hydrogens is 312 g/mol. The average molecular weight is 321 g/mol. The lowest BCUT2D eigenvalue weighted by Gasteiger charge is -2.16. The first-order valence-electron chi connectivity index (χ1n) is 5.93. The Morgan fingerprint density at radius 3 is 2.05 bits per heavy atom. The SMILES string of the molecule is COc1ccc(C(F)(F)F)nc1-c1ccccc1C(F)(F)F. The molecule has 0 atom stereocenters. The van der Waals surface area contributed by atoms with Crippen molar-refractivity contribution in [2.24, 2.45) is 0 Å². The highest BCUT2D eigenvalue weighted by molar-refractivity contribution is 5.70. The van der Waals surface area contributed by atoms with Gasteiger partial charge in [-0.05, 0) is 18.2 Å². The normalized spacial score (nSPS) is 12.3. The lowest BCUT2D eigenvalue weighted by molar-refractivity contribution is -0.141. The Morgan fingerprint density at radius 1 is 0.864 bits per heavy atom. The number of alkyl halides is 6. The summed E-state index contributed by atoms with van der Waals surface area (Å²) in [5.74, 6) is -0.176. The molecule has 0 fully saturated rings. The number of ether oxygens (including phenoxy) is 1. The van der Waals surface area contributed by atoms with E-state index in [-0.39, 0.29) is 5.75 Å². The standard InChI is InChI=1S/C14H9F6NO/c1-22-10-6-7-11(14(18,19)20)21-12(10)8-4-2-3-5-9(8)13(15,16)17/h2-7H,1H3. The number of methoxy groups -OCH3 is 1. The monoisotopic (exact) mass is 321 g/mol. The molecule has 0 aliphatic heterocycles. The van der Waals surface area contributed by atoms with E-state index in [4.69, 9.17) is 4.74 Å². The molecule has 2 rings (SSSR count). The highest BCUT2D eigenvalue weighted by atomic mass is 19.4. The van der Waals surface area contributed by atoms with Gasteiger partial charge >= 0.3 is 12.4 Å². The van der Waals surface area contributed by atoms with Crippen molar-refractivity contribution in [3.63, 3.8) is 0 Å². The van der Waals surface area contributed by atoms with Gasteiger partial charge in [0.2, 0.25) is 0 Å². The van der Waals surface area contributed by atoms with E-state index in [0.717, 1.165) is 31.4 Å². The smallest absolute Gasteiger partial charge is 0.433 e. The molecule has 1 aromatic carbocycles. The summed E-state index contributed by atoms with van der Waals surface area (Å²) >= 11 is 0. The molecule has 1 aromatic heterocycles. The zero-order valence-electron chi connectivity index (χ0n) is 11.1. The number of nitrogens with zero attached hydrogens (tertiary/aromatic N) is 1. The Morgan fingerprint density at radius 2 is 1.50 bits per heavy atom. The third-order valence-electron chi connectivity index (χ3n) is 2.86. The fraction of sp³-hybridized carbons (Fsp3) is 0.214. The van der Waals surface area contributed by atoms with Gasteiger partial charge in [-0.25, -0.2) is 4.98 Å². The Kier molecular flexibility index (Phi) is 4.04. The molecule has 0 unspecified atom stereocenters. The second-order valence-electron chi connectivity index (χ2n) is 4.29. The van der Waals surface area contributed by atoms with E-state index in [2.05, 4.69) is 4.98 Å². The predicted molar refractivity (Wildman–Crippen MR) is 66.2 cm³/mol. The summed E-state index contributed by atoms with van der Waals surface area (Å²) in [5.41, 5.74) is -3.36. The van der Waals surface area contributed by atoms with E-state index in [9.17, 15) is 26.3 Å². The van der Waals surface area contributed by atoms with Crippen molar-refractivity contribution in [2.75, 3.05) is 7.11 Å². The summed E-state index contributed by atoms with van der Waals surface area (Å²) in [7, 11) is 1.14. The van der Waals surface area contributed by atoms with Crippen LogP contribution in [0.3, 0.4) is 0 Å². The van der Waals surface area contributed by atoms with Crippen molar-refractivity contribution in [1.82, 2.24) is 4.98 Å². The maximum Gasteiger partial charge on any atom is 0.433 e. The maximum atomic E-state index is 13.0. The first kappa shape index (κ1) is 16.1. The van der Waals surface area contributed by atoms with E-state index in [1.165, 1.54) is 6.07 Å². The molecule has 2 aromatic rings. The van der Waals surface area contributed by atoms with Crippen LogP contribution >= 0.6 is 0 Å². The maximum absolute atomic E-state index is 13.0. The van der Waals surface area contributed by atoms with Crippen LogP contribution < -0.4 is 4.74 Å². The number of hydrogen-bond acceptors (Lipinski definition) is 2. The zero-order valence-corrected chi connectivity index (χ0v) is 11.1. The zero-order chi connectivity index (χ0) is 16.5. The van der Waals surface area contributed by atoms with Crippen molar-refractivity contribution in [3.05, 3.63) is 47.7 Å². The highest BCUT2D eigenvalue weighted by Crippen LogP contribution is 2.40. The second-order valence-corrected chi connectivity index (χ2v) is 4.29. The highest BCUT2D eigenvalue weighted by Gasteiger charge is 2.36. The van der Waals surface area contributed by atoms with Crippen molar-refractivity contribution in [3.8, 4) is 17.0 Å². The molecule has 0 spiro atoms. The molecule has 1 heterocycles. The topological polar surface area (TPSA) is 22.1 Å². The van der Waals surface area contributed by atoms with Gasteiger partial charge in [0, 0.05) is 5.56 Å². The molecule has 0 aliphatic carbocycles. The largest absolute Gasteiger partial charge is 0.494 e. The Labute approximate surface area is 121 Å². The van der Waals surface area contributed by atoms with Crippen LogP contribution in [0.1, 0.15) is 11.3 Å².